The third-order valence-electron chi connectivity index (χ3n) is 4.36. The molecule has 8 heteroatoms. The number of hydrogen-bond acceptors (Lipinski definition) is 6. The van der Waals surface area contributed by atoms with E-state index in [0.29, 0.717) is 24.8 Å². The van der Waals surface area contributed by atoms with E-state index in [4.69, 9.17) is 20.9 Å². The summed E-state index contributed by atoms with van der Waals surface area (Å²) in [5.74, 6) is -0.497. The molecule has 0 saturated carbocycles. The summed E-state index contributed by atoms with van der Waals surface area (Å²) in [6, 6.07) is 0. The summed E-state index contributed by atoms with van der Waals surface area (Å²) >= 11 is 0. The van der Waals surface area contributed by atoms with Crippen LogP contribution in [0.15, 0.2) is 12.2 Å². The first-order valence-corrected chi connectivity index (χ1v) is 8.14. The minimum atomic E-state index is -0.932. The van der Waals surface area contributed by atoms with Crippen molar-refractivity contribution in [3.8, 4) is 0 Å². The molecule has 0 radical (unpaired) electrons. The number of primary amides is 2. The summed E-state index contributed by atoms with van der Waals surface area (Å²) in [7, 11) is 0. The number of esters is 1. The van der Waals surface area contributed by atoms with Crippen molar-refractivity contribution in [2.24, 2.45) is 16.9 Å². The van der Waals surface area contributed by atoms with Crippen molar-refractivity contribution >= 4 is 18.2 Å². The molecule has 1 atom stereocenters. The van der Waals surface area contributed by atoms with Crippen LogP contribution < -0.4 is 11.5 Å². The van der Waals surface area contributed by atoms with Crippen molar-refractivity contribution in [1.82, 2.24) is 0 Å². The zero-order valence-corrected chi connectivity index (χ0v) is 15.6. The van der Waals surface area contributed by atoms with Crippen molar-refractivity contribution in [1.29, 1.82) is 0 Å². The quantitative estimate of drug-likeness (QED) is 0.253. The summed E-state index contributed by atoms with van der Waals surface area (Å²) in [4.78, 5) is 33.4. The fourth-order valence-corrected chi connectivity index (χ4v) is 2.32. The van der Waals surface area contributed by atoms with Gasteiger partial charge in [-0.3, -0.25) is 0 Å². The molecule has 0 aromatic heterocycles. The van der Waals surface area contributed by atoms with Gasteiger partial charge in [0.25, 0.3) is 0 Å². The summed E-state index contributed by atoms with van der Waals surface area (Å²) < 4.78 is 15.2. The van der Waals surface area contributed by atoms with E-state index < -0.39 is 29.2 Å². The second kappa shape index (κ2) is 9.90. The molecule has 4 N–H and O–H groups in total. The molecule has 0 aliphatic carbocycles. The van der Waals surface area contributed by atoms with E-state index in [2.05, 4.69) is 11.3 Å². The van der Waals surface area contributed by atoms with Crippen molar-refractivity contribution in [2.45, 2.75) is 59.0 Å². The lowest BCUT2D eigenvalue weighted by Gasteiger charge is -2.43. The van der Waals surface area contributed by atoms with Gasteiger partial charge in [-0.1, -0.05) is 20.4 Å². The van der Waals surface area contributed by atoms with Gasteiger partial charge in [0.1, 0.15) is 5.60 Å². The van der Waals surface area contributed by atoms with Gasteiger partial charge in [-0.05, 0) is 33.1 Å². The van der Waals surface area contributed by atoms with E-state index in [-0.39, 0.29) is 13.2 Å². The molecule has 144 valence electrons. The van der Waals surface area contributed by atoms with E-state index in [1.165, 1.54) is 0 Å². The number of carbonyl (C=O) groups is 3. The van der Waals surface area contributed by atoms with Gasteiger partial charge in [0.05, 0.1) is 13.2 Å². The zero-order chi connectivity index (χ0) is 19.7. The number of nitrogens with two attached hydrogens (primary N) is 2. The fourth-order valence-electron chi connectivity index (χ4n) is 2.32. The Morgan fingerprint density at radius 3 is 2.00 bits per heavy atom. The molecule has 25 heavy (non-hydrogen) atoms. The smallest absolute Gasteiger partial charge is 0.405 e. The summed E-state index contributed by atoms with van der Waals surface area (Å²) in [5, 5.41) is 0. The molecular weight excluding hydrogens is 328 g/mol. The molecule has 0 rings (SSSR count). The van der Waals surface area contributed by atoms with Crippen LogP contribution in [0.25, 0.3) is 0 Å². The van der Waals surface area contributed by atoms with Crippen molar-refractivity contribution in [3.63, 3.8) is 0 Å². The number of hydrogen-bond donors (Lipinski definition) is 2. The predicted octanol–water partition coefficient (Wildman–Crippen LogP) is 2.64. The second-order valence-corrected chi connectivity index (χ2v) is 6.83. The average molecular weight is 358 g/mol. The number of amides is 2. The zero-order valence-electron chi connectivity index (χ0n) is 15.6. The molecule has 0 saturated heterocycles. The Morgan fingerprint density at radius 1 is 0.920 bits per heavy atom. The van der Waals surface area contributed by atoms with Crippen LogP contribution in [0.5, 0.6) is 0 Å². The molecule has 0 aliphatic rings. The van der Waals surface area contributed by atoms with E-state index in [9.17, 15) is 14.4 Å². The molecule has 0 spiro atoms. The van der Waals surface area contributed by atoms with Crippen LogP contribution in [0.3, 0.4) is 0 Å². The molecule has 0 fully saturated rings. The number of carbonyl (C=O) groups excluding carboxylic acids is 3. The van der Waals surface area contributed by atoms with Crippen LogP contribution in [-0.4, -0.2) is 37.0 Å². The highest BCUT2D eigenvalue weighted by Crippen LogP contribution is 2.41. The summed E-state index contributed by atoms with van der Waals surface area (Å²) in [5.41, 5.74) is 9.03. The molecule has 1 unspecified atom stereocenters. The minimum Gasteiger partial charge on any atom is -0.462 e. The Balaban J connectivity index is 4.76. The van der Waals surface area contributed by atoms with Crippen LogP contribution >= 0.6 is 0 Å². The SMILES string of the molecule is C=C(C)C(=O)OCCC(C)(OC(N)=O)C(C)(C)CCCCOC(N)=O. The highest BCUT2D eigenvalue weighted by Gasteiger charge is 2.43. The maximum atomic E-state index is 11.5. The Hall–Kier alpha value is -2.25. The predicted molar refractivity (Wildman–Crippen MR) is 92.6 cm³/mol. The second-order valence-electron chi connectivity index (χ2n) is 6.83. The molecule has 2 amide bonds. The van der Waals surface area contributed by atoms with Gasteiger partial charge in [0, 0.05) is 17.4 Å². The van der Waals surface area contributed by atoms with Gasteiger partial charge in [0.15, 0.2) is 0 Å². The molecule has 0 aliphatic heterocycles. The molecule has 0 heterocycles. The average Bonchev–Trinajstić information content (AvgIpc) is 2.45. The van der Waals surface area contributed by atoms with Gasteiger partial charge in [-0.25, -0.2) is 14.4 Å². The van der Waals surface area contributed by atoms with Gasteiger partial charge in [-0.15, -0.1) is 0 Å². The standard InChI is InChI=1S/C17H30N2O6/c1-12(2)13(20)23-11-9-17(5,25-15(19)22)16(3,4)8-6-7-10-24-14(18)21/h1,6-11H2,2-5H3,(H2,18,21)(H2,19,22). The van der Waals surface area contributed by atoms with Crippen molar-refractivity contribution < 1.29 is 28.6 Å². The monoisotopic (exact) mass is 358 g/mol. The van der Waals surface area contributed by atoms with Gasteiger partial charge in [-0.2, -0.15) is 0 Å². The number of unbranched alkanes of at least 4 members (excludes halogenated alkanes) is 1. The summed E-state index contributed by atoms with van der Waals surface area (Å²) in [6.07, 6.45) is 0.625. The van der Waals surface area contributed by atoms with E-state index in [0.717, 1.165) is 6.42 Å². The third kappa shape index (κ3) is 8.42. The fraction of sp³-hybridized carbons (Fsp3) is 0.706. The van der Waals surface area contributed by atoms with Crippen LogP contribution in [0.4, 0.5) is 9.59 Å². The third-order valence-corrected chi connectivity index (χ3v) is 4.36. The van der Waals surface area contributed by atoms with E-state index in [1.54, 1.807) is 13.8 Å². The first kappa shape index (κ1) is 22.8. The lowest BCUT2D eigenvalue weighted by molar-refractivity contribution is -0.142. The van der Waals surface area contributed by atoms with E-state index in [1.807, 2.05) is 13.8 Å². The molecule has 0 bridgehead atoms. The maximum absolute atomic E-state index is 11.5. The highest BCUT2D eigenvalue weighted by molar-refractivity contribution is 5.86. The first-order chi connectivity index (χ1) is 11.4. The van der Waals surface area contributed by atoms with Crippen LogP contribution in [0, 0.1) is 5.41 Å². The van der Waals surface area contributed by atoms with Gasteiger partial charge < -0.3 is 25.7 Å². The van der Waals surface area contributed by atoms with Crippen LogP contribution in [0.2, 0.25) is 0 Å². The van der Waals surface area contributed by atoms with Crippen molar-refractivity contribution in [3.05, 3.63) is 12.2 Å². The van der Waals surface area contributed by atoms with Crippen molar-refractivity contribution in [2.75, 3.05) is 13.2 Å². The molecule has 0 aromatic rings. The molecule has 8 nitrogen and oxygen atoms in total. The topological polar surface area (TPSA) is 131 Å². The Bertz CT molecular complexity index is 503. The molecular formula is C17H30N2O6. The normalized spacial score (nSPS) is 13.4. The molecule has 0 aromatic carbocycles. The van der Waals surface area contributed by atoms with Crippen LogP contribution in [0.1, 0.15) is 53.4 Å². The highest BCUT2D eigenvalue weighted by atomic mass is 16.6. The summed E-state index contributed by atoms with van der Waals surface area (Å²) in [6.45, 7) is 11.0. The van der Waals surface area contributed by atoms with E-state index >= 15 is 0 Å². The lowest BCUT2D eigenvalue weighted by atomic mass is 9.71. The van der Waals surface area contributed by atoms with Crippen LogP contribution in [-0.2, 0) is 19.0 Å². The Kier molecular flexibility index (Phi) is 9.01. The number of rotatable bonds is 11. The maximum Gasteiger partial charge on any atom is 0.405 e. The minimum absolute atomic E-state index is 0.0731. The number of ether oxygens (including phenoxy) is 3. The first-order valence-electron chi connectivity index (χ1n) is 8.14. The van der Waals surface area contributed by atoms with Gasteiger partial charge >= 0.3 is 18.2 Å². The Morgan fingerprint density at radius 2 is 1.52 bits per heavy atom. The lowest BCUT2D eigenvalue weighted by Crippen LogP contribution is -2.48. The Labute approximate surface area is 148 Å². The van der Waals surface area contributed by atoms with Gasteiger partial charge in [0.2, 0.25) is 0 Å². The largest absolute Gasteiger partial charge is 0.462 e.